The molecule has 0 saturated heterocycles. The second kappa shape index (κ2) is 6.53. The van der Waals surface area contributed by atoms with Crippen molar-refractivity contribution >= 4 is 21.6 Å². The molecule has 21 heavy (non-hydrogen) atoms. The Morgan fingerprint density at radius 3 is 2.71 bits per heavy atom. The molecule has 0 bridgehead atoms. The Kier molecular flexibility index (Phi) is 4.95. The summed E-state index contributed by atoms with van der Waals surface area (Å²) in [7, 11) is -2.16. The third-order valence-corrected chi connectivity index (χ3v) is 5.19. The van der Waals surface area contributed by atoms with Gasteiger partial charge in [-0.15, -0.1) is 0 Å². The van der Waals surface area contributed by atoms with Crippen molar-refractivity contribution in [3.05, 3.63) is 58.9 Å². The molecule has 1 heterocycles. The van der Waals surface area contributed by atoms with Gasteiger partial charge >= 0.3 is 0 Å². The van der Waals surface area contributed by atoms with E-state index in [0.29, 0.717) is 10.6 Å². The van der Waals surface area contributed by atoms with Crippen LogP contribution >= 0.6 is 11.6 Å². The summed E-state index contributed by atoms with van der Waals surface area (Å²) >= 11 is 5.88. The van der Waals surface area contributed by atoms with Crippen molar-refractivity contribution in [1.29, 1.82) is 0 Å². The molecule has 2 rings (SSSR count). The maximum Gasteiger partial charge on any atom is 0.243 e. The zero-order valence-electron chi connectivity index (χ0n) is 11.4. The molecule has 0 radical (unpaired) electrons. The lowest BCUT2D eigenvalue weighted by Crippen LogP contribution is -2.26. The molecule has 112 valence electrons. The van der Waals surface area contributed by atoms with Crippen LogP contribution in [-0.2, 0) is 23.2 Å². The van der Waals surface area contributed by atoms with Crippen LogP contribution in [0.3, 0.4) is 0 Å². The Morgan fingerprint density at radius 1 is 1.33 bits per heavy atom. The van der Waals surface area contributed by atoms with Gasteiger partial charge in [-0.1, -0.05) is 17.7 Å². The number of hydrogen-bond donors (Lipinski definition) is 1. The van der Waals surface area contributed by atoms with Gasteiger partial charge in [-0.2, -0.15) is 4.31 Å². The van der Waals surface area contributed by atoms with Crippen LogP contribution in [0.2, 0.25) is 5.02 Å². The number of pyridine rings is 1. The van der Waals surface area contributed by atoms with Crippen molar-refractivity contribution in [2.45, 2.75) is 18.0 Å². The maximum atomic E-state index is 12.5. The molecule has 0 aliphatic rings. The zero-order valence-corrected chi connectivity index (χ0v) is 13.0. The maximum absolute atomic E-state index is 12.5. The van der Waals surface area contributed by atoms with Crippen molar-refractivity contribution in [3.8, 4) is 0 Å². The van der Waals surface area contributed by atoms with Crippen molar-refractivity contribution in [2.75, 3.05) is 7.05 Å². The highest BCUT2D eigenvalue weighted by Crippen LogP contribution is 2.23. The first-order valence-corrected chi connectivity index (χ1v) is 8.01. The van der Waals surface area contributed by atoms with E-state index in [1.165, 1.54) is 29.6 Å². The van der Waals surface area contributed by atoms with Crippen LogP contribution in [0.1, 0.15) is 11.1 Å². The Bertz CT molecular complexity index is 720. The van der Waals surface area contributed by atoms with Crippen LogP contribution in [-0.4, -0.2) is 29.9 Å². The Labute approximate surface area is 128 Å². The second-order valence-corrected chi connectivity index (χ2v) is 6.99. The van der Waals surface area contributed by atoms with Gasteiger partial charge in [0, 0.05) is 31.0 Å². The summed E-state index contributed by atoms with van der Waals surface area (Å²) in [5.41, 5.74) is 1.17. The molecule has 0 fully saturated rings. The van der Waals surface area contributed by atoms with Crippen molar-refractivity contribution < 1.29 is 13.5 Å². The molecule has 0 aliphatic carbocycles. The second-order valence-electron chi connectivity index (χ2n) is 4.53. The molecule has 0 aliphatic heterocycles. The van der Waals surface area contributed by atoms with Crippen molar-refractivity contribution in [3.63, 3.8) is 0 Å². The first kappa shape index (κ1) is 15.9. The van der Waals surface area contributed by atoms with E-state index in [1.54, 1.807) is 24.5 Å². The van der Waals surface area contributed by atoms with E-state index in [0.717, 1.165) is 5.56 Å². The molecule has 7 heteroatoms. The zero-order chi connectivity index (χ0) is 15.5. The van der Waals surface area contributed by atoms with Crippen LogP contribution in [0.15, 0.2) is 47.6 Å². The average molecular weight is 327 g/mol. The number of sulfonamides is 1. The van der Waals surface area contributed by atoms with E-state index < -0.39 is 10.0 Å². The summed E-state index contributed by atoms with van der Waals surface area (Å²) in [4.78, 5) is 4.06. The molecule has 1 N–H and O–H groups in total. The predicted octanol–water partition coefficient (Wildman–Crippen LogP) is 2.05. The fourth-order valence-electron chi connectivity index (χ4n) is 1.85. The first-order chi connectivity index (χ1) is 9.95. The lowest BCUT2D eigenvalue weighted by Gasteiger charge is -2.17. The third-order valence-electron chi connectivity index (χ3n) is 3.02. The van der Waals surface area contributed by atoms with Crippen LogP contribution in [0, 0.1) is 0 Å². The number of aliphatic hydroxyl groups is 1. The number of nitrogens with zero attached hydrogens (tertiary/aromatic N) is 2. The normalized spacial score (nSPS) is 11.8. The molecule has 2 aromatic rings. The van der Waals surface area contributed by atoms with Gasteiger partial charge in [0.05, 0.1) is 11.5 Å². The van der Waals surface area contributed by atoms with Gasteiger partial charge in [0.1, 0.15) is 0 Å². The number of rotatable bonds is 5. The lowest BCUT2D eigenvalue weighted by molar-refractivity contribution is 0.281. The SMILES string of the molecule is CN(Cc1cccnc1)S(=O)(=O)c1ccc(Cl)c(CO)c1. The van der Waals surface area contributed by atoms with Crippen LogP contribution in [0.4, 0.5) is 0 Å². The number of aliphatic hydroxyl groups excluding tert-OH is 1. The number of benzene rings is 1. The van der Waals surface area contributed by atoms with Gasteiger partial charge in [-0.3, -0.25) is 4.98 Å². The minimum atomic E-state index is -3.65. The molecule has 5 nitrogen and oxygen atoms in total. The smallest absolute Gasteiger partial charge is 0.243 e. The molecular formula is C14H15ClN2O3S. The number of halogens is 1. The predicted molar refractivity (Wildman–Crippen MR) is 80.3 cm³/mol. The highest BCUT2D eigenvalue weighted by Gasteiger charge is 2.21. The Hall–Kier alpha value is -1.47. The van der Waals surface area contributed by atoms with E-state index >= 15 is 0 Å². The van der Waals surface area contributed by atoms with Gasteiger partial charge in [-0.25, -0.2) is 8.42 Å². The average Bonchev–Trinajstić information content (AvgIpc) is 2.48. The summed E-state index contributed by atoms with van der Waals surface area (Å²) in [6, 6.07) is 7.84. The van der Waals surface area contributed by atoms with E-state index in [4.69, 9.17) is 11.6 Å². The highest BCUT2D eigenvalue weighted by molar-refractivity contribution is 7.89. The Balaban J connectivity index is 2.29. The molecule has 1 aromatic heterocycles. The topological polar surface area (TPSA) is 70.5 Å². The summed E-state index contributed by atoms with van der Waals surface area (Å²) in [6.45, 7) is -0.0955. The summed E-state index contributed by atoms with van der Waals surface area (Å²) in [5, 5.41) is 9.52. The largest absolute Gasteiger partial charge is 0.392 e. The molecular weight excluding hydrogens is 312 g/mol. The monoisotopic (exact) mass is 326 g/mol. The highest BCUT2D eigenvalue weighted by atomic mass is 35.5. The summed E-state index contributed by atoms with van der Waals surface area (Å²) in [5.74, 6) is 0. The van der Waals surface area contributed by atoms with Crippen LogP contribution in [0.25, 0.3) is 0 Å². The van der Waals surface area contributed by atoms with Gasteiger partial charge < -0.3 is 5.11 Å². The summed E-state index contributed by atoms with van der Waals surface area (Å²) < 4.78 is 26.2. The molecule has 0 atom stereocenters. The fourth-order valence-corrected chi connectivity index (χ4v) is 3.23. The Morgan fingerprint density at radius 2 is 2.10 bits per heavy atom. The quantitative estimate of drug-likeness (QED) is 0.913. The van der Waals surface area contributed by atoms with Crippen LogP contribution in [0.5, 0.6) is 0 Å². The minimum absolute atomic E-state index is 0.0994. The molecule has 1 aromatic carbocycles. The summed E-state index contributed by atoms with van der Waals surface area (Å²) in [6.07, 6.45) is 3.25. The van der Waals surface area contributed by atoms with E-state index in [2.05, 4.69) is 4.98 Å². The standard InChI is InChI=1S/C14H15ClN2O3S/c1-17(9-11-3-2-6-16-8-11)21(19,20)13-4-5-14(15)12(7-13)10-18/h2-8,18H,9-10H2,1H3. The minimum Gasteiger partial charge on any atom is -0.392 e. The van der Waals surface area contributed by atoms with E-state index in [1.807, 2.05) is 0 Å². The molecule has 0 unspecified atom stereocenters. The molecule has 0 saturated carbocycles. The van der Waals surface area contributed by atoms with Crippen molar-refractivity contribution in [2.24, 2.45) is 0 Å². The third kappa shape index (κ3) is 3.59. The lowest BCUT2D eigenvalue weighted by atomic mass is 10.2. The van der Waals surface area contributed by atoms with Crippen molar-refractivity contribution in [1.82, 2.24) is 9.29 Å². The fraction of sp³-hybridized carbons (Fsp3) is 0.214. The molecule has 0 spiro atoms. The van der Waals surface area contributed by atoms with E-state index in [-0.39, 0.29) is 18.0 Å². The van der Waals surface area contributed by atoms with Gasteiger partial charge in [-0.05, 0) is 35.4 Å². The number of hydrogen-bond acceptors (Lipinski definition) is 4. The van der Waals surface area contributed by atoms with Gasteiger partial charge in [0.2, 0.25) is 10.0 Å². The van der Waals surface area contributed by atoms with Crippen LogP contribution < -0.4 is 0 Å². The van der Waals surface area contributed by atoms with Gasteiger partial charge in [0.25, 0.3) is 0 Å². The van der Waals surface area contributed by atoms with E-state index in [9.17, 15) is 13.5 Å². The molecule has 0 amide bonds. The van der Waals surface area contributed by atoms with Gasteiger partial charge in [0.15, 0.2) is 0 Å². The number of aromatic nitrogens is 1. The first-order valence-electron chi connectivity index (χ1n) is 6.19.